The lowest BCUT2D eigenvalue weighted by Gasteiger charge is -2.15. The standard InChI is InChI=1S/C18H25NO/c1-2-3-4-7-13-20-14-18(19)17-12-8-10-15-9-5-6-11-16(15)17/h5-6,8-12,18H,2-4,7,13-14,19H2,1H3. The van der Waals surface area contributed by atoms with E-state index >= 15 is 0 Å². The van der Waals surface area contributed by atoms with Crippen molar-refractivity contribution in [3.8, 4) is 0 Å². The predicted octanol–water partition coefficient (Wildman–Crippen LogP) is 4.44. The summed E-state index contributed by atoms with van der Waals surface area (Å²) < 4.78 is 5.72. The van der Waals surface area contributed by atoms with E-state index in [-0.39, 0.29) is 6.04 Å². The van der Waals surface area contributed by atoms with Crippen molar-refractivity contribution in [2.75, 3.05) is 13.2 Å². The lowest BCUT2D eigenvalue weighted by Crippen LogP contribution is -2.17. The maximum atomic E-state index is 6.28. The summed E-state index contributed by atoms with van der Waals surface area (Å²) >= 11 is 0. The minimum absolute atomic E-state index is 0.0488. The minimum Gasteiger partial charge on any atom is -0.379 e. The Balaban J connectivity index is 1.89. The van der Waals surface area contributed by atoms with Crippen LogP contribution in [0.5, 0.6) is 0 Å². The first-order valence-corrected chi connectivity index (χ1v) is 7.64. The first-order valence-electron chi connectivity index (χ1n) is 7.64. The highest BCUT2D eigenvalue weighted by Gasteiger charge is 2.09. The average Bonchev–Trinajstić information content (AvgIpc) is 2.50. The van der Waals surface area contributed by atoms with Crippen LogP contribution >= 0.6 is 0 Å². The molecule has 0 bridgehead atoms. The van der Waals surface area contributed by atoms with Crippen molar-refractivity contribution in [1.82, 2.24) is 0 Å². The third-order valence-corrected chi connectivity index (χ3v) is 3.66. The fraction of sp³-hybridized carbons (Fsp3) is 0.444. The molecule has 108 valence electrons. The van der Waals surface area contributed by atoms with E-state index in [1.54, 1.807) is 0 Å². The zero-order valence-electron chi connectivity index (χ0n) is 12.3. The molecule has 1 atom stereocenters. The van der Waals surface area contributed by atoms with Gasteiger partial charge in [-0.3, -0.25) is 0 Å². The smallest absolute Gasteiger partial charge is 0.0659 e. The highest BCUT2D eigenvalue weighted by Crippen LogP contribution is 2.23. The molecular weight excluding hydrogens is 246 g/mol. The van der Waals surface area contributed by atoms with Crippen LogP contribution in [0.15, 0.2) is 42.5 Å². The van der Waals surface area contributed by atoms with Crippen LogP contribution in [0, 0.1) is 0 Å². The van der Waals surface area contributed by atoms with Gasteiger partial charge in [0.25, 0.3) is 0 Å². The molecule has 20 heavy (non-hydrogen) atoms. The van der Waals surface area contributed by atoms with E-state index in [2.05, 4.69) is 49.4 Å². The van der Waals surface area contributed by atoms with Crippen molar-refractivity contribution in [3.63, 3.8) is 0 Å². The highest BCUT2D eigenvalue weighted by molar-refractivity contribution is 5.86. The van der Waals surface area contributed by atoms with Crippen molar-refractivity contribution >= 4 is 10.8 Å². The van der Waals surface area contributed by atoms with Crippen LogP contribution in [-0.2, 0) is 4.74 Å². The summed E-state index contributed by atoms with van der Waals surface area (Å²) in [6, 6.07) is 14.6. The molecule has 2 rings (SSSR count). The minimum atomic E-state index is -0.0488. The van der Waals surface area contributed by atoms with Crippen LogP contribution < -0.4 is 5.73 Å². The van der Waals surface area contributed by atoms with Crippen molar-refractivity contribution in [2.45, 2.75) is 38.6 Å². The van der Waals surface area contributed by atoms with Gasteiger partial charge in [0.15, 0.2) is 0 Å². The van der Waals surface area contributed by atoms with E-state index in [0.29, 0.717) is 6.61 Å². The maximum Gasteiger partial charge on any atom is 0.0659 e. The normalized spacial score (nSPS) is 12.7. The van der Waals surface area contributed by atoms with E-state index in [1.165, 1.54) is 35.6 Å². The quantitative estimate of drug-likeness (QED) is 0.720. The molecule has 0 radical (unpaired) electrons. The largest absolute Gasteiger partial charge is 0.379 e. The first-order chi connectivity index (χ1) is 9.83. The Morgan fingerprint density at radius 1 is 1.00 bits per heavy atom. The molecule has 0 saturated carbocycles. The fourth-order valence-corrected chi connectivity index (χ4v) is 2.50. The number of unbranched alkanes of at least 4 members (excludes halogenated alkanes) is 3. The Kier molecular flexibility index (Phi) is 6.03. The molecule has 2 nitrogen and oxygen atoms in total. The van der Waals surface area contributed by atoms with Gasteiger partial charge in [0, 0.05) is 6.61 Å². The van der Waals surface area contributed by atoms with Crippen molar-refractivity contribution in [2.24, 2.45) is 5.73 Å². The van der Waals surface area contributed by atoms with Crippen LogP contribution in [0.1, 0.15) is 44.2 Å². The van der Waals surface area contributed by atoms with Crippen LogP contribution in [0.4, 0.5) is 0 Å². The Morgan fingerprint density at radius 3 is 2.65 bits per heavy atom. The molecule has 2 N–H and O–H groups in total. The van der Waals surface area contributed by atoms with Gasteiger partial charge in [-0.15, -0.1) is 0 Å². The number of benzene rings is 2. The molecule has 0 fully saturated rings. The fourth-order valence-electron chi connectivity index (χ4n) is 2.50. The van der Waals surface area contributed by atoms with Gasteiger partial charge in [-0.2, -0.15) is 0 Å². The topological polar surface area (TPSA) is 35.2 Å². The van der Waals surface area contributed by atoms with Gasteiger partial charge in [0.2, 0.25) is 0 Å². The number of hydrogen-bond acceptors (Lipinski definition) is 2. The molecule has 2 heteroatoms. The highest BCUT2D eigenvalue weighted by atomic mass is 16.5. The molecule has 0 heterocycles. The second-order valence-corrected chi connectivity index (χ2v) is 5.31. The van der Waals surface area contributed by atoms with Gasteiger partial charge in [-0.05, 0) is 22.8 Å². The summed E-state index contributed by atoms with van der Waals surface area (Å²) in [5.41, 5.74) is 7.45. The zero-order valence-corrected chi connectivity index (χ0v) is 12.3. The second kappa shape index (κ2) is 8.03. The monoisotopic (exact) mass is 271 g/mol. The van der Waals surface area contributed by atoms with Gasteiger partial charge >= 0.3 is 0 Å². The van der Waals surface area contributed by atoms with Gasteiger partial charge < -0.3 is 10.5 Å². The lowest BCUT2D eigenvalue weighted by atomic mass is 10.00. The van der Waals surface area contributed by atoms with Gasteiger partial charge in [0.05, 0.1) is 12.6 Å². The van der Waals surface area contributed by atoms with Crippen LogP contribution in [0.2, 0.25) is 0 Å². The molecule has 0 aromatic heterocycles. The van der Waals surface area contributed by atoms with E-state index in [9.17, 15) is 0 Å². The SMILES string of the molecule is CCCCCCOCC(N)c1cccc2ccccc12. The van der Waals surface area contributed by atoms with Crippen LogP contribution in [-0.4, -0.2) is 13.2 Å². The van der Waals surface area contributed by atoms with Crippen LogP contribution in [0.3, 0.4) is 0 Å². The molecule has 2 aromatic carbocycles. The van der Waals surface area contributed by atoms with E-state index in [1.807, 2.05) is 0 Å². The predicted molar refractivity (Wildman–Crippen MR) is 85.8 cm³/mol. The van der Waals surface area contributed by atoms with Crippen molar-refractivity contribution in [3.05, 3.63) is 48.0 Å². The molecule has 0 amide bonds. The summed E-state index contributed by atoms with van der Waals surface area (Å²) in [5.74, 6) is 0. The van der Waals surface area contributed by atoms with E-state index in [0.717, 1.165) is 13.0 Å². The average molecular weight is 271 g/mol. The Morgan fingerprint density at radius 2 is 1.80 bits per heavy atom. The van der Waals surface area contributed by atoms with Crippen molar-refractivity contribution < 1.29 is 4.74 Å². The summed E-state index contributed by atoms with van der Waals surface area (Å²) in [6.45, 7) is 3.63. The molecule has 0 aliphatic rings. The van der Waals surface area contributed by atoms with Gasteiger partial charge in [-0.25, -0.2) is 0 Å². The maximum absolute atomic E-state index is 6.28. The Hall–Kier alpha value is -1.38. The zero-order chi connectivity index (χ0) is 14.2. The number of rotatable bonds is 8. The molecule has 0 saturated heterocycles. The number of nitrogens with two attached hydrogens (primary N) is 1. The second-order valence-electron chi connectivity index (χ2n) is 5.31. The lowest BCUT2D eigenvalue weighted by molar-refractivity contribution is 0.117. The molecule has 2 aromatic rings. The van der Waals surface area contributed by atoms with Gasteiger partial charge in [-0.1, -0.05) is 68.7 Å². The van der Waals surface area contributed by atoms with E-state index in [4.69, 9.17) is 10.5 Å². The Labute approximate surface area is 121 Å². The Bertz CT molecular complexity index is 518. The third-order valence-electron chi connectivity index (χ3n) is 3.66. The van der Waals surface area contributed by atoms with Crippen molar-refractivity contribution in [1.29, 1.82) is 0 Å². The summed E-state index contributed by atoms with van der Waals surface area (Å²) in [7, 11) is 0. The number of ether oxygens (including phenoxy) is 1. The number of fused-ring (bicyclic) bond motifs is 1. The first kappa shape index (κ1) is 15.0. The van der Waals surface area contributed by atoms with Gasteiger partial charge in [0.1, 0.15) is 0 Å². The van der Waals surface area contributed by atoms with Crippen LogP contribution in [0.25, 0.3) is 10.8 Å². The third kappa shape index (κ3) is 4.06. The molecule has 0 aliphatic heterocycles. The number of hydrogen-bond donors (Lipinski definition) is 1. The molecule has 0 aliphatic carbocycles. The summed E-state index contributed by atoms with van der Waals surface area (Å²) in [6.07, 6.45) is 4.93. The summed E-state index contributed by atoms with van der Waals surface area (Å²) in [5, 5.41) is 2.47. The molecule has 1 unspecified atom stereocenters. The van der Waals surface area contributed by atoms with E-state index < -0.39 is 0 Å². The summed E-state index contributed by atoms with van der Waals surface area (Å²) in [4.78, 5) is 0. The molecule has 0 spiro atoms. The molecular formula is C18H25NO.